The molecule has 1 heterocycles. The van der Waals surface area contributed by atoms with Crippen molar-refractivity contribution in [3.8, 4) is 0 Å². The molecule has 1 aliphatic heterocycles. The molecule has 0 amide bonds. The molecule has 3 nitrogen and oxygen atoms in total. The molecule has 0 aromatic carbocycles. The van der Waals surface area contributed by atoms with Crippen molar-refractivity contribution in [3.05, 3.63) is 0 Å². The fourth-order valence-electron chi connectivity index (χ4n) is 0.612. The minimum Gasteiger partial charge on any atom is -0.394 e. The topological polar surface area (TPSA) is 53.0 Å². The van der Waals surface area contributed by atoms with Crippen molar-refractivity contribution in [2.45, 2.75) is 38.9 Å². The van der Waals surface area contributed by atoms with Crippen LogP contribution in [0.4, 0.5) is 0 Å². The maximum atomic E-state index is 7.62. The number of aliphatic hydroxyl groups is 2. The molecular formula is C8H18O3. The summed E-state index contributed by atoms with van der Waals surface area (Å²) >= 11 is 0. The van der Waals surface area contributed by atoms with E-state index in [1.54, 1.807) is 0 Å². The van der Waals surface area contributed by atoms with E-state index in [1.807, 2.05) is 0 Å². The lowest BCUT2D eigenvalue weighted by Gasteiger charge is -1.95. The summed E-state index contributed by atoms with van der Waals surface area (Å²) in [5.74, 6) is 0. The van der Waals surface area contributed by atoms with Crippen LogP contribution in [-0.2, 0) is 4.74 Å². The first kappa shape index (κ1) is 10.9. The maximum Gasteiger partial charge on any atom is 0.0918 e. The van der Waals surface area contributed by atoms with E-state index in [0.29, 0.717) is 0 Å². The van der Waals surface area contributed by atoms with Crippen LogP contribution in [0.3, 0.4) is 0 Å². The first-order valence-corrected chi connectivity index (χ1v) is 3.79. The van der Waals surface area contributed by atoms with Crippen LogP contribution in [0.5, 0.6) is 0 Å². The van der Waals surface area contributed by atoms with Crippen LogP contribution < -0.4 is 0 Å². The number of hydrogen-bond acceptors (Lipinski definition) is 3. The van der Waals surface area contributed by atoms with Gasteiger partial charge >= 0.3 is 0 Å². The molecule has 11 heavy (non-hydrogen) atoms. The quantitative estimate of drug-likeness (QED) is 0.553. The highest BCUT2D eigenvalue weighted by Crippen LogP contribution is 2.46. The minimum absolute atomic E-state index is 0.125. The van der Waals surface area contributed by atoms with Gasteiger partial charge in [0, 0.05) is 0 Å². The lowest BCUT2D eigenvalue weighted by atomic mass is 10.0. The van der Waals surface area contributed by atoms with E-state index in [-0.39, 0.29) is 24.4 Å². The number of hydrogen-bond donors (Lipinski definition) is 2. The van der Waals surface area contributed by atoms with Gasteiger partial charge in [-0.25, -0.2) is 0 Å². The summed E-state index contributed by atoms with van der Waals surface area (Å²) in [6.07, 6.45) is 0. The minimum atomic E-state index is -0.125. The third-order valence-corrected chi connectivity index (χ3v) is 2.02. The summed E-state index contributed by atoms with van der Waals surface area (Å²) in [7, 11) is 0. The van der Waals surface area contributed by atoms with Gasteiger partial charge in [0.2, 0.25) is 0 Å². The zero-order chi connectivity index (χ0) is 9.12. The van der Waals surface area contributed by atoms with Crippen molar-refractivity contribution in [1.82, 2.24) is 0 Å². The second-order valence-corrected chi connectivity index (χ2v) is 3.57. The Balaban J connectivity index is 0.000000218. The third kappa shape index (κ3) is 3.18. The van der Waals surface area contributed by atoms with E-state index in [4.69, 9.17) is 14.9 Å². The molecule has 1 fully saturated rings. The van der Waals surface area contributed by atoms with Crippen molar-refractivity contribution < 1.29 is 14.9 Å². The van der Waals surface area contributed by atoms with Gasteiger partial charge in [0.1, 0.15) is 0 Å². The predicted octanol–water partition coefficient (Wildman–Crippen LogP) is 0.545. The van der Waals surface area contributed by atoms with E-state index in [2.05, 4.69) is 27.7 Å². The molecule has 0 radical (unpaired) electrons. The Labute approximate surface area is 68.0 Å². The van der Waals surface area contributed by atoms with E-state index in [9.17, 15) is 0 Å². The average Bonchev–Trinajstić information content (AvgIpc) is 2.30. The predicted molar refractivity (Wildman–Crippen MR) is 43.4 cm³/mol. The molecule has 68 valence electrons. The molecule has 0 atom stereocenters. The van der Waals surface area contributed by atoms with E-state index in [0.717, 1.165) is 0 Å². The van der Waals surface area contributed by atoms with E-state index in [1.165, 1.54) is 0 Å². The summed E-state index contributed by atoms with van der Waals surface area (Å²) in [5, 5.41) is 15.2. The number of rotatable bonds is 1. The van der Waals surface area contributed by atoms with Gasteiger partial charge in [-0.1, -0.05) is 0 Å². The molecule has 0 bridgehead atoms. The average molecular weight is 162 g/mol. The van der Waals surface area contributed by atoms with Gasteiger partial charge in [0.25, 0.3) is 0 Å². The van der Waals surface area contributed by atoms with Crippen molar-refractivity contribution in [2.75, 3.05) is 13.2 Å². The third-order valence-electron chi connectivity index (χ3n) is 2.02. The van der Waals surface area contributed by atoms with Crippen molar-refractivity contribution >= 4 is 0 Å². The van der Waals surface area contributed by atoms with Crippen LogP contribution >= 0.6 is 0 Å². The Kier molecular flexibility index (Phi) is 3.48. The summed E-state index contributed by atoms with van der Waals surface area (Å²) in [5.41, 5.74) is 0.292. The standard InChI is InChI=1S/C6H12O.C2H6O2/c1-5(2)6(3,4)7-5;3-1-2-4/h1-4H3;3-4H,1-2H2. The lowest BCUT2D eigenvalue weighted by molar-refractivity contribution is 0.186. The highest BCUT2D eigenvalue weighted by atomic mass is 16.6. The van der Waals surface area contributed by atoms with Gasteiger partial charge in [-0.15, -0.1) is 0 Å². The Hall–Kier alpha value is -0.120. The normalized spacial score (nSPS) is 23.5. The van der Waals surface area contributed by atoms with Crippen LogP contribution in [0.15, 0.2) is 0 Å². The van der Waals surface area contributed by atoms with Gasteiger partial charge in [-0.3, -0.25) is 0 Å². The molecule has 1 saturated heterocycles. The number of aliphatic hydroxyl groups excluding tert-OH is 2. The molecular weight excluding hydrogens is 144 g/mol. The molecule has 0 aromatic heterocycles. The molecule has 0 spiro atoms. The molecule has 1 rings (SSSR count). The summed E-state index contributed by atoms with van der Waals surface area (Å²) < 4.78 is 5.29. The van der Waals surface area contributed by atoms with Crippen LogP contribution in [0, 0.1) is 0 Å². The number of ether oxygens (including phenoxy) is 1. The number of epoxide rings is 1. The van der Waals surface area contributed by atoms with Gasteiger partial charge in [0.05, 0.1) is 24.4 Å². The Bertz CT molecular complexity index is 105. The molecule has 2 N–H and O–H groups in total. The lowest BCUT2D eigenvalue weighted by Crippen LogP contribution is -2.10. The monoisotopic (exact) mass is 162 g/mol. The second-order valence-electron chi connectivity index (χ2n) is 3.57. The molecule has 0 aliphatic carbocycles. The fraction of sp³-hybridized carbons (Fsp3) is 1.00. The summed E-state index contributed by atoms with van der Waals surface area (Å²) in [6.45, 7) is 8.17. The highest BCUT2D eigenvalue weighted by Gasteiger charge is 2.55. The van der Waals surface area contributed by atoms with Crippen molar-refractivity contribution in [1.29, 1.82) is 0 Å². The van der Waals surface area contributed by atoms with Crippen LogP contribution in [0.1, 0.15) is 27.7 Å². The van der Waals surface area contributed by atoms with Crippen molar-refractivity contribution in [2.24, 2.45) is 0 Å². The Morgan fingerprint density at radius 2 is 1.09 bits per heavy atom. The first-order chi connectivity index (χ1) is 4.87. The zero-order valence-electron chi connectivity index (χ0n) is 7.72. The Morgan fingerprint density at radius 1 is 0.909 bits per heavy atom. The summed E-state index contributed by atoms with van der Waals surface area (Å²) in [4.78, 5) is 0. The van der Waals surface area contributed by atoms with Gasteiger partial charge < -0.3 is 14.9 Å². The van der Waals surface area contributed by atoms with Gasteiger partial charge in [-0.2, -0.15) is 0 Å². The SMILES string of the molecule is CC1(C)OC1(C)C.OCCO. The fourth-order valence-corrected chi connectivity index (χ4v) is 0.612. The molecule has 1 aliphatic rings. The van der Waals surface area contributed by atoms with Crippen LogP contribution in [-0.4, -0.2) is 34.6 Å². The molecule has 3 heteroatoms. The molecule has 0 unspecified atom stereocenters. The Morgan fingerprint density at radius 3 is 1.09 bits per heavy atom. The van der Waals surface area contributed by atoms with E-state index < -0.39 is 0 Å². The maximum absolute atomic E-state index is 7.62. The van der Waals surface area contributed by atoms with Crippen LogP contribution in [0.2, 0.25) is 0 Å². The molecule has 0 aromatic rings. The van der Waals surface area contributed by atoms with E-state index >= 15 is 0 Å². The first-order valence-electron chi connectivity index (χ1n) is 3.79. The summed E-state index contributed by atoms with van der Waals surface area (Å²) in [6, 6.07) is 0. The second kappa shape index (κ2) is 3.52. The smallest absolute Gasteiger partial charge is 0.0918 e. The largest absolute Gasteiger partial charge is 0.394 e. The van der Waals surface area contributed by atoms with Crippen molar-refractivity contribution in [3.63, 3.8) is 0 Å². The van der Waals surface area contributed by atoms with Gasteiger partial charge in [-0.05, 0) is 27.7 Å². The van der Waals surface area contributed by atoms with Crippen LogP contribution in [0.25, 0.3) is 0 Å². The highest BCUT2D eigenvalue weighted by molar-refractivity contribution is 5.03. The zero-order valence-corrected chi connectivity index (χ0v) is 7.72. The van der Waals surface area contributed by atoms with Gasteiger partial charge in [0.15, 0.2) is 0 Å². The molecule has 0 saturated carbocycles.